The highest BCUT2D eigenvalue weighted by molar-refractivity contribution is 9.10. The highest BCUT2D eigenvalue weighted by Crippen LogP contribution is 2.28. The standard InChI is InChI=1S/C13H19BrN4O2/c1-5-8-10(14)9(18(6-2)16-8)7-17-12(20)15-11(19)13(17,3)4/h5-7H2,1-4H3,(H,15,19,20). The van der Waals surface area contributed by atoms with Crippen molar-refractivity contribution in [3.05, 3.63) is 15.9 Å². The molecule has 2 rings (SSSR count). The van der Waals surface area contributed by atoms with Gasteiger partial charge in [-0.1, -0.05) is 6.92 Å². The van der Waals surface area contributed by atoms with Crippen LogP contribution >= 0.6 is 15.9 Å². The van der Waals surface area contributed by atoms with Crippen molar-refractivity contribution in [2.75, 3.05) is 0 Å². The Bertz CT molecular complexity index is 565. The summed E-state index contributed by atoms with van der Waals surface area (Å²) in [5.41, 5.74) is 1.04. The van der Waals surface area contributed by atoms with Crippen LogP contribution in [0, 0.1) is 0 Å². The topological polar surface area (TPSA) is 67.2 Å². The second kappa shape index (κ2) is 5.20. The number of halogens is 1. The van der Waals surface area contributed by atoms with E-state index in [0.717, 1.165) is 28.8 Å². The number of urea groups is 1. The zero-order valence-corrected chi connectivity index (χ0v) is 13.7. The fourth-order valence-corrected chi connectivity index (χ4v) is 2.97. The first-order valence-corrected chi connectivity index (χ1v) is 7.49. The minimum absolute atomic E-state index is 0.267. The summed E-state index contributed by atoms with van der Waals surface area (Å²) in [6, 6.07) is -0.353. The third-order valence-corrected chi connectivity index (χ3v) is 4.61. The quantitative estimate of drug-likeness (QED) is 0.851. The maximum absolute atomic E-state index is 11.9. The van der Waals surface area contributed by atoms with Crippen LogP contribution in [0.4, 0.5) is 4.79 Å². The van der Waals surface area contributed by atoms with Gasteiger partial charge in [-0.05, 0) is 43.1 Å². The number of hydrogen-bond donors (Lipinski definition) is 1. The van der Waals surface area contributed by atoms with Crippen LogP contribution in [0.1, 0.15) is 39.1 Å². The molecule has 1 aromatic rings. The van der Waals surface area contributed by atoms with Gasteiger partial charge in [0, 0.05) is 6.54 Å². The highest BCUT2D eigenvalue weighted by atomic mass is 79.9. The predicted molar refractivity (Wildman–Crippen MR) is 78.1 cm³/mol. The third-order valence-electron chi connectivity index (χ3n) is 3.70. The van der Waals surface area contributed by atoms with Gasteiger partial charge in [-0.3, -0.25) is 14.8 Å². The van der Waals surface area contributed by atoms with Crippen molar-refractivity contribution in [2.45, 2.75) is 52.7 Å². The van der Waals surface area contributed by atoms with E-state index in [2.05, 4.69) is 26.3 Å². The molecule has 1 aromatic heterocycles. The minimum atomic E-state index is -0.842. The van der Waals surface area contributed by atoms with Gasteiger partial charge >= 0.3 is 6.03 Å². The molecular weight excluding hydrogens is 324 g/mol. The van der Waals surface area contributed by atoms with Crippen molar-refractivity contribution >= 4 is 27.9 Å². The van der Waals surface area contributed by atoms with Crippen molar-refractivity contribution in [3.8, 4) is 0 Å². The van der Waals surface area contributed by atoms with Crippen molar-refractivity contribution in [3.63, 3.8) is 0 Å². The van der Waals surface area contributed by atoms with Gasteiger partial charge < -0.3 is 4.90 Å². The molecule has 0 radical (unpaired) electrons. The molecule has 1 saturated heterocycles. The molecule has 1 N–H and O–H groups in total. The van der Waals surface area contributed by atoms with Crippen LogP contribution in [0.15, 0.2) is 4.47 Å². The Morgan fingerprint density at radius 1 is 1.30 bits per heavy atom. The number of rotatable bonds is 4. The molecule has 0 aromatic carbocycles. The van der Waals surface area contributed by atoms with Crippen molar-refractivity contribution < 1.29 is 9.59 Å². The van der Waals surface area contributed by atoms with Gasteiger partial charge in [0.2, 0.25) is 0 Å². The van der Waals surface area contributed by atoms with Gasteiger partial charge in [0.1, 0.15) is 5.54 Å². The molecule has 7 heteroatoms. The zero-order valence-electron chi connectivity index (χ0n) is 12.2. The summed E-state index contributed by atoms with van der Waals surface area (Å²) in [5, 5.41) is 6.87. The number of carbonyl (C=O) groups excluding carboxylic acids is 2. The van der Waals surface area contributed by atoms with Crippen LogP contribution in [0.5, 0.6) is 0 Å². The van der Waals surface area contributed by atoms with Gasteiger partial charge in [0.25, 0.3) is 5.91 Å². The maximum Gasteiger partial charge on any atom is 0.325 e. The second-order valence-corrected chi connectivity index (χ2v) is 6.07. The number of nitrogens with one attached hydrogen (secondary N) is 1. The molecule has 0 atom stereocenters. The molecule has 1 aliphatic rings. The van der Waals surface area contributed by atoms with Crippen LogP contribution in [-0.2, 0) is 24.3 Å². The Hall–Kier alpha value is -1.37. The fourth-order valence-electron chi connectivity index (χ4n) is 2.28. The lowest BCUT2D eigenvalue weighted by atomic mass is 10.0. The summed E-state index contributed by atoms with van der Waals surface area (Å²) in [6.45, 7) is 8.60. The lowest BCUT2D eigenvalue weighted by molar-refractivity contribution is -0.125. The molecular formula is C13H19BrN4O2. The summed E-state index contributed by atoms with van der Waals surface area (Å²) in [4.78, 5) is 25.3. The van der Waals surface area contributed by atoms with E-state index in [0.29, 0.717) is 6.54 Å². The van der Waals surface area contributed by atoms with E-state index in [-0.39, 0.29) is 11.9 Å². The Labute approximate surface area is 126 Å². The van der Waals surface area contributed by atoms with E-state index in [1.54, 1.807) is 18.7 Å². The molecule has 0 spiro atoms. The number of aryl methyl sites for hydroxylation is 2. The number of imide groups is 1. The first-order valence-electron chi connectivity index (χ1n) is 6.70. The van der Waals surface area contributed by atoms with E-state index in [1.807, 2.05) is 18.5 Å². The Kier molecular flexibility index (Phi) is 3.90. The number of carbonyl (C=O) groups is 2. The molecule has 0 unspecified atom stereocenters. The largest absolute Gasteiger partial charge is 0.325 e. The summed E-state index contributed by atoms with van der Waals surface area (Å²) < 4.78 is 2.79. The van der Waals surface area contributed by atoms with Crippen LogP contribution < -0.4 is 5.32 Å². The molecule has 0 aliphatic carbocycles. The van der Waals surface area contributed by atoms with E-state index >= 15 is 0 Å². The molecule has 1 fully saturated rings. The normalized spacial score (nSPS) is 17.8. The Morgan fingerprint density at radius 2 is 1.95 bits per heavy atom. The number of amides is 3. The van der Waals surface area contributed by atoms with Crippen LogP contribution in [-0.4, -0.2) is 32.2 Å². The molecule has 20 heavy (non-hydrogen) atoms. The zero-order chi connectivity index (χ0) is 15.1. The SMILES string of the molecule is CCc1nn(CC)c(CN2C(=O)NC(=O)C2(C)C)c1Br. The van der Waals surface area contributed by atoms with Crippen molar-refractivity contribution in [1.29, 1.82) is 0 Å². The van der Waals surface area contributed by atoms with Gasteiger partial charge in [-0.2, -0.15) is 5.10 Å². The number of nitrogens with zero attached hydrogens (tertiary/aromatic N) is 3. The van der Waals surface area contributed by atoms with Crippen molar-refractivity contribution in [2.24, 2.45) is 0 Å². The first-order chi connectivity index (χ1) is 9.32. The smallest absolute Gasteiger partial charge is 0.304 e. The summed E-state index contributed by atoms with van der Waals surface area (Å²) >= 11 is 3.56. The van der Waals surface area contributed by atoms with Crippen LogP contribution in [0.2, 0.25) is 0 Å². The monoisotopic (exact) mass is 342 g/mol. The van der Waals surface area contributed by atoms with Crippen molar-refractivity contribution in [1.82, 2.24) is 20.0 Å². The Balaban J connectivity index is 2.37. The molecule has 6 nitrogen and oxygen atoms in total. The average Bonchev–Trinajstić information content (AvgIpc) is 2.79. The summed E-state index contributed by atoms with van der Waals surface area (Å²) in [7, 11) is 0. The molecule has 0 saturated carbocycles. The molecule has 3 amide bonds. The molecule has 2 heterocycles. The highest BCUT2D eigenvalue weighted by Gasteiger charge is 2.46. The van der Waals surface area contributed by atoms with Crippen LogP contribution in [0.25, 0.3) is 0 Å². The third kappa shape index (κ3) is 2.24. The minimum Gasteiger partial charge on any atom is -0.304 e. The fraction of sp³-hybridized carbons (Fsp3) is 0.615. The van der Waals surface area contributed by atoms with Gasteiger partial charge in [0.05, 0.1) is 22.4 Å². The maximum atomic E-state index is 11.9. The van der Waals surface area contributed by atoms with Crippen LogP contribution in [0.3, 0.4) is 0 Å². The molecule has 0 bridgehead atoms. The summed E-state index contributed by atoms with van der Waals surface area (Å²) in [5.74, 6) is -0.267. The van der Waals surface area contributed by atoms with Gasteiger partial charge in [-0.25, -0.2) is 4.79 Å². The molecule has 110 valence electrons. The summed E-state index contributed by atoms with van der Waals surface area (Å²) in [6.07, 6.45) is 0.815. The lowest BCUT2D eigenvalue weighted by Gasteiger charge is -2.28. The Morgan fingerprint density at radius 3 is 2.40 bits per heavy atom. The van der Waals surface area contributed by atoms with E-state index in [1.165, 1.54) is 0 Å². The number of aromatic nitrogens is 2. The predicted octanol–water partition coefficient (Wildman–Crippen LogP) is 2.06. The first kappa shape index (κ1) is 15.0. The van der Waals surface area contributed by atoms with E-state index in [4.69, 9.17) is 0 Å². The van der Waals surface area contributed by atoms with E-state index in [9.17, 15) is 9.59 Å². The number of hydrogen-bond acceptors (Lipinski definition) is 3. The molecule has 1 aliphatic heterocycles. The van der Waals surface area contributed by atoms with E-state index < -0.39 is 5.54 Å². The van der Waals surface area contributed by atoms with Gasteiger partial charge in [-0.15, -0.1) is 0 Å². The lowest BCUT2D eigenvalue weighted by Crippen LogP contribution is -2.44. The average molecular weight is 343 g/mol. The second-order valence-electron chi connectivity index (χ2n) is 5.28. The van der Waals surface area contributed by atoms with Gasteiger partial charge in [0.15, 0.2) is 0 Å².